The minimum absolute atomic E-state index is 0.451. The van der Waals surface area contributed by atoms with E-state index in [2.05, 4.69) is 222 Å². The fourth-order valence-electron chi connectivity index (χ4n) is 12.5. The van der Waals surface area contributed by atoms with E-state index in [1.807, 2.05) is 19.1 Å². The fourth-order valence-corrected chi connectivity index (χ4v) is 12.5. The topological polar surface area (TPSA) is 51.3 Å². The molecule has 0 N–H and O–H groups in total. The van der Waals surface area contributed by atoms with Gasteiger partial charge in [0, 0.05) is 17.3 Å². The van der Waals surface area contributed by atoms with Gasteiger partial charge in [0.2, 0.25) is 11.8 Å². The van der Waals surface area contributed by atoms with Gasteiger partial charge in [0.1, 0.15) is 0 Å². The highest BCUT2D eigenvalue weighted by Crippen LogP contribution is 2.65. The molecule has 0 saturated carbocycles. The van der Waals surface area contributed by atoms with Crippen molar-refractivity contribution in [3.8, 4) is 78.2 Å². The Morgan fingerprint density at radius 2 is 0.765 bits per heavy atom. The fraction of sp³-hybridized carbons (Fsp3) is 0.0469. The summed E-state index contributed by atoms with van der Waals surface area (Å²) in [5, 5.41) is 9.21. The normalized spacial score (nSPS) is 14.6. The van der Waals surface area contributed by atoms with E-state index in [-0.39, 0.29) is 0 Å². The van der Waals surface area contributed by atoms with Crippen LogP contribution in [0.25, 0.3) is 83.8 Å². The van der Waals surface area contributed by atoms with Crippen molar-refractivity contribution in [1.82, 2.24) is 10.2 Å². The maximum Gasteiger partial charge on any atom is 0.248 e. The molecule has 1 heterocycles. The standard InChI is InChI=1S/C64H41N3O/c1-39(16-15-33-65-2)61-66-67-62(68-61)44-35-42(40-29-31-51-49-21-7-13-27-57(49)63(59(51)37-40)53-23-9-3-17-45(53)46-18-4-10-24-54(46)63)34-43(36-44)41-30-32-52-50-22-8-14-28-58(50)64(60(52)38-41)55-25-11-5-19-47(55)48-20-6-12-26-56(48)64/h3-38H,2H2,1H3/b33-15-,39-16+. The maximum atomic E-state index is 6.51. The maximum absolute atomic E-state index is 6.51. The van der Waals surface area contributed by atoms with Crippen LogP contribution in [0.5, 0.6) is 0 Å². The summed E-state index contributed by atoms with van der Waals surface area (Å²) in [4.78, 5) is 3.85. The van der Waals surface area contributed by atoms with Crippen LogP contribution >= 0.6 is 0 Å². The lowest BCUT2D eigenvalue weighted by atomic mass is 9.70. The Balaban J connectivity index is 0.997. The summed E-state index contributed by atoms with van der Waals surface area (Å²) in [5.41, 5.74) is 25.8. The smallest absolute Gasteiger partial charge is 0.248 e. The SMILES string of the molecule is C=N/C=C\C=C(/C)c1nnc(-c2cc(-c3ccc4c(c3)C3(c5ccccc5-c5ccccc53)c3ccccc3-4)cc(-c3ccc4c(c3)C3(c5ccccc5-c5ccccc53)c3ccccc3-4)c2)o1. The zero-order valence-corrected chi connectivity index (χ0v) is 37.2. The van der Waals surface area contributed by atoms with Crippen LogP contribution in [0, 0.1) is 0 Å². The quantitative estimate of drug-likeness (QED) is 0.124. The van der Waals surface area contributed by atoms with Gasteiger partial charge in [-0.3, -0.25) is 4.99 Å². The van der Waals surface area contributed by atoms with Crippen LogP contribution in [-0.2, 0) is 10.8 Å². The van der Waals surface area contributed by atoms with E-state index in [0.29, 0.717) is 11.8 Å². The van der Waals surface area contributed by atoms with Gasteiger partial charge < -0.3 is 4.42 Å². The molecule has 0 amide bonds. The van der Waals surface area contributed by atoms with Gasteiger partial charge in [0.25, 0.3) is 0 Å². The van der Waals surface area contributed by atoms with Crippen LogP contribution in [0.15, 0.2) is 228 Å². The molecule has 10 aromatic rings. The van der Waals surface area contributed by atoms with Gasteiger partial charge in [-0.05, 0) is 161 Å². The Bertz CT molecular complexity index is 3520. The summed E-state index contributed by atoms with van der Waals surface area (Å²) in [6.45, 7) is 5.52. The molecule has 0 radical (unpaired) electrons. The highest BCUT2D eigenvalue weighted by Gasteiger charge is 2.53. The molecule has 4 nitrogen and oxygen atoms in total. The molecule has 1 aromatic heterocycles. The zero-order valence-electron chi connectivity index (χ0n) is 37.2. The zero-order chi connectivity index (χ0) is 45.1. The molecule has 0 saturated heterocycles. The Hall–Kier alpha value is -8.73. The van der Waals surface area contributed by atoms with Crippen molar-refractivity contribution in [3.05, 3.63) is 269 Å². The molecular formula is C64H41N3O. The number of aromatic nitrogens is 2. The van der Waals surface area contributed by atoms with Crippen LogP contribution in [0.1, 0.15) is 57.3 Å². The molecule has 4 heteroatoms. The lowest BCUT2D eigenvalue weighted by Gasteiger charge is -2.31. The summed E-state index contributed by atoms with van der Waals surface area (Å²) in [7, 11) is 0. The summed E-state index contributed by atoms with van der Waals surface area (Å²) in [6.07, 6.45) is 5.37. The van der Waals surface area contributed by atoms with Crippen LogP contribution in [0.3, 0.4) is 0 Å². The van der Waals surface area contributed by atoms with Gasteiger partial charge in [0.05, 0.1) is 10.8 Å². The third kappa shape index (κ3) is 5.06. The predicted octanol–water partition coefficient (Wildman–Crippen LogP) is 15.4. The van der Waals surface area contributed by atoms with E-state index in [1.165, 1.54) is 89.0 Å². The van der Waals surface area contributed by atoms with Crippen molar-refractivity contribution in [3.63, 3.8) is 0 Å². The van der Waals surface area contributed by atoms with Crippen molar-refractivity contribution in [1.29, 1.82) is 0 Å². The Morgan fingerprint density at radius 3 is 1.15 bits per heavy atom. The van der Waals surface area contributed by atoms with Crippen LogP contribution in [0.2, 0.25) is 0 Å². The van der Waals surface area contributed by atoms with Crippen LogP contribution in [0.4, 0.5) is 0 Å². The van der Waals surface area contributed by atoms with Crippen molar-refractivity contribution in [2.45, 2.75) is 17.8 Å². The van der Waals surface area contributed by atoms with Gasteiger partial charge in [-0.15, -0.1) is 10.2 Å². The van der Waals surface area contributed by atoms with Crippen molar-refractivity contribution in [2.24, 2.45) is 4.99 Å². The van der Waals surface area contributed by atoms with E-state index < -0.39 is 10.8 Å². The molecule has 0 aliphatic heterocycles. The number of allylic oxidation sites excluding steroid dienone is 3. The molecular weight excluding hydrogens is 827 g/mol. The highest BCUT2D eigenvalue weighted by atomic mass is 16.4. The van der Waals surface area contributed by atoms with E-state index >= 15 is 0 Å². The van der Waals surface area contributed by atoms with Crippen molar-refractivity contribution in [2.75, 3.05) is 0 Å². The number of hydrogen-bond acceptors (Lipinski definition) is 4. The second-order valence-corrected chi connectivity index (χ2v) is 18.4. The molecule has 318 valence electrons. The minimum atomic E-state index is -0.465. The number of hydrogen-bond donors (Lipinski definition) is 0. The summed E-state index contributed by atoms with van der Waals surface area (Å²) < 4.78 is 6.51. The first-order chi connectivity index (χ1) is 33.6. The molecule has 14 rings (SSSR count). The van der Waals surface area contributed by atoms with E-state index in [1.54, 1.807) is 6.20 Å². The average molecular weight is 868 g/mol. The van der Waals surface area contributed by atoms with E-state index in [0.717, 1.165) is 33.4 Å². The molecule has 0 unspecified atom stereocenters. The lowest BCUT2D eigenvalue weighted by molar-refractivity contribution is 0.553. The average Bonchev–Trinajstić information content (AvgIpc) is 4.21. The molecule has 0 bridgehead atoms. The molecule has 2 spiro atoms. The first-order valence-corrected chi connectivity index (χ1v) is 23.3. The Labute approximate surface area is 395 Å². The van der Waals surface area contributed by atoms with E-state index in [9.17, 15) is 0 Å². The number of aliphatic imine (C=N–C) groups is 1. The second kappa shape index (κ2) is 14.4. The lowest BCUT2D eigenvalue weighted by Crippen LogP contribution is -2.25. The van der Waals surface area contributed by atoms with Crippen molar-refractivity contribution >= 4 is 12.3 Å². The molecule has 4 aliphatic carbocycles. The Morgan fingerprint density at radius 1 is 0.412 bits per heavy atom. The van der Waals surface area contributed by atoms with E-state index in [4.69, 9.17) is 4.42 Å². The third-order valence-electron chi connectivity index (χ3n) is 15.1. The molecule has 9 aromatic carbocycles. The van der Waals surface area contributed by atoms with Gasteiger partial charge in [-0.25, -0.2) is 0 Å². The molecule has 4 aliphatic rings. The third-order valence-corrected chi connectivity index (χ3v) is 15.1. The minimum Gasteiger partial charge on any atom is -0.416 e. The predicted molar refractivity (Wildman–Crippen MR) is 276 cm³/mol. The van der Waals surface area contributed by atoms with Gasteiger partial charge in [0.15, 0.2) is 0 Å². The van der Waals surface area contributed by atoms with Crippen LogP contribution < -0.4 is 0 Å². The highest BCUT2D eigenvalue weighted by molar-refractivity contribution is 5.98. The summed E-state index contributed by atoms with van der Waals surface area (Å²) in [6, 6.07) is 74.8. The summed E-state index contributed by atoms with van der Waals surface area (Å²) >= 11 is 0. The number of fused-ring (bicyclic) bond motifs is 20. The largest absolute Gasteiger partial charge is 0.416 e. The monoisotopic (exact) mass is 867 g/mol. The Kier molecular flexibility index (Phi) is 8.15. The first kappa shape index (κ1) is 38.5. The summed E-state index contributed by atoms with van der Waals surface area (Å²) in [5.74, 6) is 0.904. The van der Waals surface area contributed by atoms with Crippen LogP contribution in [-0.4, -0.2) is 16.9 Å². The van der Waals surface area contributed by atoms with Crippen molar-refractivity contribution < 1.29 is 4.42 Å². The molecule has 0 fully saturated rings. The number of nitrogens with zero attached hydrogens (tertiary/aromatic N) is 3. The van der Waals surface area contributed by atoms with Gasteiger partial charge in [-0.2, -0.15) is 0 Å². The second-order valence-electron chi connectivity index (χ2n) is 18.4. The van der Waals surface area contributed by atoms with Gasteiger partial charge in [-0.1, -0.05) is 176 Å². The number of rotatable bonds is 6. The molecule has 0 atom stereocenters. The van der Waals surface area contributed by atoms with Gasteiger partial charge >= 0.3 is 0 Å². The first-order valence-electron chi connectivity index (χ1n) is 23.3. The molecule has 68 heavy (non-hydrogen) atoms. The number of benzene rings is 9.